The molecule has 0 saturated carbocycles. The number of aromatic nitrogens is 3. The first-order chi connectivity index (χ1) is 19.1. The zero-order chi connectivity index (χ0) is 28.2. The molecule has 1 aliphatic heterocycles. The van der Waals surface area contributed by atoms with Crippen molar-refractivity contribution in [3.63, 3.8) is 0 Å². The van der Waals surface area contributed by atoms with Crippen LogP contribution in [0, 0.1) is 0 Å². The summed E-state index contributed by atoms with van der Waals surface area (Å²) in [6, 6.07) is 20.1. The van der Waals surface area contributed by atoms with E-state index in [0.717, 1.165) is 27.9 Å². The predicted molar refractivity (Wildman–Crippen MR) is 145 cm³/mol. The molecule has 0 unspecified atom stereocenters. The molecule has 6 rings (SSSR count). The summed E-state index contributed by atoms with van der Waals surface area (Å²) in [7, 11) is 4.01. The Labute approximate surface area is 227 Å². The Morgan fingerprint density at radius 3 is 2.48 bits per heavy atom. The Hall–Kier alpha value is -4.64. The number of benzene rings is 3. The smallest absolute Gasteiger partial charge is 0.380 e. The molecule has 8 nitrogen and oxygen atoms in total. The van der Waals surface area contributed by atoms with Crippen molar-refractivity contribution in [3.8, 4) is 16.8 Å². The third kappa shape index (κ3) is 4.37. The number of hydrogen-bond donors (Lipinski definition) is 1. The molecule has 5 aromatic rings. The standard InChI is InChI=1S/C29H25F3N6O2/c1-36(2)16-18-5-3-4-6-21(18)17-7-9-19(10-8-17)37-14-13-22-25(28(37)39)38(34-26(22)29(30,31)32)20-11-12-24-23(15-20)27(33)35-40-24/h3-12,15H,13-14,16H2,1-2H3,(H2,33,35). The van der Waals surface area contributed by atoms with Crippen LogP contribution in [0.25, 0.3) is 27.8 Å². The lowest BCUT2D eigenvalue weighted by Gasteiger charge is -2.28. The Bertz CT molecular complexity index is 1740. The fraction of sp³-hybridized carbons (Fsp3) is 0.207. The second-order valence-corrected chi connectivity index (χ2v) is 9.98. The third-order valence-electron chi connectivity index (χ3n) is 7.01. The molecule has 0 aliphatic carbocycles. The number of nitrogen functional groups attached to an aromatic ring is 1. The largest absolute Gasteiger partial charge is 0.435 e. The van der Waals surface area contributed by atoms with Crippen LogP contribution in [-0.2, 0) is 19.1 Å². The molecule has 3 aromatic carbocycles. The maximum absolute atomic E-state index is 14.0. The number of rotatable bonds is 5. The lowest BCUT2D eigenvalue weighted by atomic mass is 9.98. The van der Waals surface area contributed by atoms with Gasteiger partial charge in [-0.2, -0.15) is 18.3 Å². The summed E-state index contributed by atoms with van der Waals surface area (Å²) in [5, 5.41) is 7.98. The van der Waals surface area contributed by atoms with E-state index in [1.54, 1.807) is 0 Å². The van der Waals surface area contributed by atoms with E-state index in [1.807, 2.05) is 56.6 Å². The molecule has 204 valence electrons. The maximum Gasteiger partial charge on any atom is 0.435 e. The van der Waals surface area contributed by atoms with Gasteiger partial charge in [-0.3, -0.25) is 4.79 Å². The quantitative estimate of drug-likeness (QED) is 0.311. The summed E-state index contributed by atoms with van der Waals surface area (Å²) in [5.74, 6) is -0.475. The molecule has 0 saturated heterocycles. The van der Waals surface area contributed by atoms with Crippen molar-refractivity contribution >= 4 is 28.4 Å². The summed E-state index contributed by atoms with van der Waals surface area (Å²) in [5.41, 5.74) is 8.96. The minimum Gasteiger partial charge on any atom is -0.380 e. The first-order valence-corrected chi connectivity index (χ1v) is 12.6. The van der Waals surface area contributed by atoms with Crippen LogP contribution in [0.2, 0.25) is 0 Å². The van der Waals surface area contributed by atoms with Crippen LogP contribution in [0.5, 0.6) is 0 Å². The van der Waals surface area contributed by atoms with Gasteiger partial charge < -0.3 is 20.1 Å². The Morgan fingerprint density at radius 1 is 1.02 bits per heavy atom. The number of anilines is 2. The fourth-order valence-corrected chi connectivity index (χ4v) is 5.20. The van der Waals surface area contributed by atoms with E-state index in [-0.39, 0.29) is 35.7 Å². The van der Waals surface area contributed by atoms with Gasteiger partial charge >= 0.3 is 6.18 Å². The van der Waals surface area contributed by atoms with Gasteiger partial charge in [0.05, 0.1) is 11.1 Å². The van der Waals surface area contributed by atoms with Crippen molar-refractivity contribution < 1.29 is 22.5 Å². The van der Waals surface area contributed by atoms with Crippen molar-refractivity contribution in [1.82, 2.24) is 19.8 Å². The van der Waals surface area contributed by atoms with Crippen LogP contribution in [-0.4, -0.2) is 46.4 Å². The van der Waals surface area contributed by atoms with Crippen LogP contribution in [0.4, 0.5) is 24.7 Å². The molecule has 2 N–H and O–H groups in total. The minimum absolute atomic E-state index is 0.000977. The predicted octanol–water partition coefficient (Wildman–Crippen LogP) is 5.55. The molecule has 2 aromatic heterocycles. The molecular formula is C29H25F3N6O2. The molecule has 0 fully saturated rings. The second kappa shape index (κ2) is 9.53. The molecule has 0 radical (unpaired) electrons. The summed E-state index contributed by atoms with van der Waals surface area (Å²) in [6.07, 6.45) is -4.72. The van der Waals surface area contributed by atoms with E-state index in [1.165, 1.54) is 23.1 Å². The van der Waals surface area contributed by atoms with Crippen molar-refractivity contribution in [2.45, 2.75) is 19.1 Å². The van der Waals surface area contributed by atoms with Crippen molar-refractivity contribution in [2.24, 2.45) is 0 Å². The van der Waals surface area contributed by atoms with Crippen LogP contribution >= 0.6 is 0 Å². The summed E-state index contributed by atoms with van der Waals surface area (Å²) in [4.78, 5) is 17.4. The van der Waals surface area contributed by atoms with Crippen LogP contribution in [0.1, 0.15) is 27.3 Å². The highest BCUT2D eigenvalue weighted by atomic mass is 19.4. The summed E-state index contributed by atoms with van der Waals surface area (Å²) in [6.45, 7) is 0.859. The van der Waals surface area contributed by atoms with Gasteiger partial charge in [0.15, 0.2) is 17.1 Å². The molecule has 3 heterocycles. The summed E-state index contributed by atoms with van der Waals surface area (Å²) < 4.78 is 48.1. The zero-order valence-electron chi connectivity index (χ0n) is 21.7. The molecule has 40 heavy (non-hydrogen) atoms. The van der Waals surface area contributed by atoms with E-state index in [2.05, 4.69) is 21.2 Å². The second-order valence-electron chi connectivity index (χ2n) is 9.98. The number of nitrogens with zero attached hydrogens (tertiary/aromatic N) is 5. The Morgan fingerprint density at radius 2 is 1.75 bits per heavy atom. The van der Waals surface area contributed by atoms with Crippen LogP contribution < -0.4 is 10.6 Å². The number of amides is 1. The van der Waals surface area contributed by atoms with Gasteiger partial charge in [-0.1, -0.05) is 41.6 Å². The van der Waals surface area contributed by atoms with Crippen LogP contribution in [0.3, 0.4) is 0 Å². The highest BCUT2D eigenvalue weighted by Gasteiger charge is 2.43. The summed E-state index contributed by atoms with van der Waals surface area (Å²) >= 11 is 0. The lowest BCUT2D eigenvalue weighted by Crippen LogP contribution is -2.39. The van der Waals surface area contributed by atoms with Gasteiger partial charge in [-0.15, -0.1) is 0 Å². The highest BCUT2D eigenvalue weighted by molar-refractivity contribution is 6.08. The molecule has 1 amide bonds. The van der Waals surface area contributed by atoms with Crippen LogP contribution in [0.15, 0.2) is 71.3 Å². The van der Waals surface area contributed by atoms with Gasteiger partial charge in [-0.25, -0.2) is 4.68 Å². The van der Waals surface area contributed by atoms with Crippen molar-refractivity contribution in [2.75, 3.05) is 31.3 Å². The number of alkyl halides is 3. The van der Waals surface area contributed by atoms with Gasteiger partial charge in [-0.05, 0) is 67.5 Å². The first kappa shape index (κ1) is 25.6. The van der Waals surface area contributed by atoms with E-state index in [9.17, 15) is 18.0 Å². The average Bonchev–Trinajstić information content (AvgIpc) is 3.50. The SMILES string of the molecule is CN(C)Cc1ccccc1-c1ccc(N2CCc3c(C(F)(F)F)nn(-c4ccc5onc(N)c5c4)c3C2=O)cc1. The number of halogens is 3. The number of nitrogens with two attached hydrogens (primary N) is 1. The normalized spacial score (nSPS) is 13.8. The van der Waals surface area contributed by atoms with Gasteiger partial charge in [0, 0.05) is 24.3 Å². The number of hydrogen-bond acceptors (Lipinski definition) is 6. The molecule has 1 aliphatic rings. The van der Waals surface area contributed by atoms with E-state index < -0.39 is 17.8 Å². The van der Waals surface area contributed by atoms with E-state index >= 15 is 0 Å². The topological polar surface area (TPSA) is 93.4 Å². The minimum atomic E-state index is -4.72. The molecule has 11 heteroatoms. The number of carbonyl (C=O) groups is 1. The average molecular weight is 547 g/mol. The van der Waals surface area contributed by atoms with Crippen molar-refractivity contribution in [1.29, 1.82) is 0 Å². The Kier molecular flexibility index (Phi) is 6.10. The zero-order valence-corrected chi connectivity index (χ0v) is 21.7. The van der Waals surface area contributed by atoms with E-state index in [0.29, 0.717) is 16.7 Å². The highest BCUT2D eigenvalue weighted by Crippen LogP contribution is 2.38. The maximum atomic E-state index is 14.0. The monoisotopic (exact) mass is 546 g/mol. The van der Waals surface area contributed by atoms with Gasteiger partial charge in [0.25, 0.3) is 5.91 Å². The molecule has 0 atom stereocenters. The molecule has 0 bridgehead atoms. The number of fused-ring (bicyclic) bond motifs is 2. The van der Waals surface area contributed by atoms with Gasteiger partial charge in [0.2, 0.25) is 0 Å². The molecular weight excluding hydrogens is 521 g/mol. The lowest BCUT2D eigenvalue weighted by molar-refractivity contribution is -0.141. The first-order valence-electron chi connectivity index (χ1n) is 12.6. The Balaban J connectivity index is 1.39. The van der Waals surface area contributed by atoms with E-state index in [4.69, 9.17) is 10.3 Å². The van der Waals surface area contributed by atoms with Crippen molar-refractivity contribution in [3.05, 3.63) is 89.2 Å². The van der Waals surface area contributed by atoms with Gasteiger partial charge in [0.1, 0.15) is 5.69 Å². The molecule has 0 spiro atoms. The number of carbonyl (C=O) groups excluding carboxylic acids is 1. The fourth-order valence-electron chi connectivity index (χ4n) is 5.20. The third-order valence-corrected chi connectivity index (χ3v) is 7.01.